The van der Waals surface area contributed by atoms with Gasteiger partial charge in [-0.25, -0.2) is 4.98 Å². The molecule has 0 saturated heterocycles. The van der Waals surface area contributed by atoms with Gasteiger partial charge in [0, 0.05) is 37.7 Å². The number of ether oxygens (including phenoxy) is 2. The zero-order valence-corrected chi connectivity index (χ0v) is 13.6. The molecule has 6 heteroatoms. The Morgan fingerprint density at radius 3 is 2.67 bits per heavy atom. The molecule has 1 aromatic carbocycles. The van der Waals surface area contributed by atoms with Crippen LogP contribution in [0.25, 0.3) is 16.9 Å². The lowest BCUT2D eigenvalue weighted by molar-refractivity contribution is -0.0974. The van der Waals surface area contributed by atoms with E-state index >= 15 is 0 Å². The smallest absolute Gasteiger partial charge is 0.251 e. The van der Waals surface area contributed by atoms with Crippen LogP contribution in [0.5, 0.6) is 0 Å². The minimum atomic E-state index is -0.464. The lowest BCUT2D eigenvalue weighted by atomic mass is 10.2. The van der Waals surface area contributed by atoms with Crippen molar-refractivity contribution in [1.29, 1.82) is 0 Å². The molecule has 0 spiro atoms. The maximum Gasteiger partial charge on any atom is 0.251 e. The average Bonchev–Trinajstić information content (AvgIpc) is 3.06. The number of hydrogen-bond acceptors (Lipinski definition) is 4. The number of hydrogen-bond donors (Lipinski definition) is 1. The van der Waals surface area contributed by atoms with Gasteiger partial charge in [-0.3, -0.25) is 4.79 Å². The molecule has 0 saturated carbocycles. The first-order chi connectivity index (χ1) is 11.7. The van der Waals surface area contributed by atoms with Crippen molar-refractivity contribution in [2.75, 3.05) is 20.8 Å². The standard InChI is InChI=1S/C18H19N3O3/c1-23-17(24-2)11-19-18(22)14-8-9-21-12-15(20-16(21)10-14)13-6-4-3-5-7-13/h3-10,12,17H,11H2,1-2H3,(H,19,22). The monoisotopic (exact) mass is 325 g/mol. The van der Waals surface area contributed by atoms with E-state index in [9.17, 15) is 4.79 Å². The van der Waals surface area contributed by atoms with Gasteiger partial charge in [0.25, 0.3) is 5.91 Å². The number of carbonyl (C=O) groups is 1. The average molecular weight is 325 g/mol. The van der Waals surface area contributed by atoms with Gasteiger partial charge in [0.05, 0.1) is 12.2 Å². The van der Waals surface area contributed by atoms with Crippen molar-refractivity contribution in [3.8, 4) is 11.3 Å². The Morgan fingerprint density at radius 2 is 1.96 bits per heavy atom. The molecule has 2 aromatic heterocycles. The molecule has 0 fully saturated rings. The molecule has 0 aliphatic carbocycles. The van der Waals surface area contributed by atoms with Gasteiger partial charge in [-0.05, 0) is 12.1 Å². The molecule has 3 aromatic rings. The van der Waals surface area contributed by atoms with E-state index in [1.165, 1.54) is 14.2 Å². The minimum Gasteiger partial charge on any atom is -0.354 e. The number of aromatic nitrogens is 2. The van der Waals surface area contributed by atoms with Gasteiger partial charge < -0.3 is 19.2 Å². The molecular formula is C18H19N3O3. The molecule has 0 radical (unpaired) electrons. The van der Waals surface area contributed by atoms with Crippen molar-refractivity contribution >= 4 is 11.6 Å². The molecule has 0 bridgehead atoms. The molecule has 0 unspecified atom stereocenters. The third-order valence-corrected chi connectivity index (χ3v) is 3.75. The second-order valence-corrected chi connectivity index (χ2v) is 5.28. The van der Waals surface area contributed by atoms with Gasteiger partial charge >= 0.3 is 0 Å². The molecule has 124 valence electrons. The molecular weight excluding hydrogens is 306 g/mol. The summed E-state index contributed by atoms with van der Waals surface area (Å²) in [6.45, 7) is 0.278. The highest BCUT2D eigenvalue weighted by molar-refractivity contribution is 5.95. The van der Waals surface area contributed by atoms with Crippen LogP contribution in [-0.4, -0.2) is 42.3 Å². The quantitative estimate of drug-likeness (QED) is 0.707. The van der Waals surface area contributed by atoms with Crippen LogP contribution in [0, 0.1) is 0 Å². The van der Waals surface area contributed by atoms with Crippen LogP contribution in [0.3, 0.4) is 0 Å². The van der Waals surface area contributed by atoms with Gasteiger partial charge in [0.2, 0.25) is 0 Å². The summed E-state index contributed by atoms with van der Waals surface area (Å²) in [5.41, 5.74) is 3.16. The Hall–Kier alpha value is -2.70. The lowest BCUT2D eigenvalue weighted by Crippen LogP contribution is -2.34. The number of amides is 1. The van der Waals surface area contributed by atoms with Crippen molar-refractivity contribution in [2.45, 2.75) is 6.29 Å². The van der Waals surface area contributed by atoms with Gasteiger partial charge in [-0.1, -0.05) is 30.3 Å². The lowest BCUT2D eigenvalue weighted by Gasteiger charge is -2.13. The molecule has 0 aliphatic rings. The van der Waals surface area contributed by atoms with E-state index in [1.807, 2.05) is 47.1 Å². The summed E-state index contributed by atoms with van der Waals surface area (Å²) in [5, 5.41) is 2.78. The van der Waals surface area contributed by atoms with E-state index in [0.29, 0.717) is 5.56 Å². The zero-order valence-electron chi connectivity index (χ0n) is 13.6. The highest BCUT2D eigenvalue weighted by atomic mass is 16.7. The first-order valence-corrected chi connectivity index (χ1v) is 7.59. The summed E-state index contributed by atoms with van der Waals surface area (Å²) in [4.78, 5) is 16.8. The van der Waals surface area contributed by atoms with Crippen LogP contribution in [0.2, 0.25) is 0 Å². The molecule has 0 aliphatic heterocycles. The van der Waals surface area contributed by atoms with E-state index in [1.54, 1.807) is 12.1 Å². The third-order valence-electron chi connectivity index (χ3n) is 3.75. The molecule has 1 amide bonds. The number of methoxy groups -OCH3 is 2. The van der Waals surface area contributed by atoms with E-state index in [2.05, 4.69) is 10.3 Å². The maximum atomic E-state index is 12.2. The van der Waals surface area contributed by atoms with Crippen molar-refractivity contribution < 1.29 is 14.3 Å². The normalized spacial score (nSPS) is 11.1. The van der Waals surface area contributed by atoms with Crippen LogP contribution in [0.1, 0.15) is 10.4 Å². The summed E-state index contributed by atoms with van der Waals surface area (Å²) in [5.74, 6) is -0.194. The summed E-state index contributed by atoms with van der Waals surface area (Å²) < 4.78 is 12.0. The van der Waals surface area contributed by atoms with Crippen molar-refractivity contribution in [3.63, 3.8) is 0 Å². The number of imidazole rings is 1. The first-order valence-electron chi connectivity index (χ1n) is 7.59. The number of nitrogens with one attached hydrogen (secondary N) is 1. The molecule has 1 N–H and O–H groups in total. The van der Waals surface area contributed by atoms with Crippen molar-refractivity contribution in [2.24, 2.45) is 0 Å². The predicted molar refractivity (Wildman–Crippen MR) is 90.8 cm³/mol. The summed E-state index contributed by atoms with van der Waals surface area (Å²) >= 11 is 0. The van der Waals surface area contributed by atoms with Crippen LogP contribution >= 0.6 is 0 Å². The Bertz CT molecular complexity index is 826. The Labute approximate surface area is 140 Å². The fourth-order valence-corrected chi connectivity index (χ4v) is 2.41. The number of carbonyl (C=O) groups excluding carboxylic acids is 1. The SMILES string of the molecule is COC(CNC(=O)c1ccn2cc(-c3ccccc3)nc2c1)OC. The number of benzene rings is 1. The second-order valence-electron chi connectivity index (χ2n) is 5.28. The number of nitrogens with zero attached hydrogens (tertiary/aromatic N) is 2. The van der Waals surface area contributed by atoms with Crippen molar-refractivity contribution in [1.82, 2.24) is 14.7 Å². The Morgan fingerprint density at radius 1 is 1.21 bits per heavy atom. The van der Waals surface area contributed by atoms with Crippen LogP contribution in [0.4, 0.5) is 0 Å². The van der Waals surface area contributed by atoms with Crippen LogP contribution in [0.15, 0.2) is 54.9 Å². The first kappa shape index (κ1) is 16.2. The third kappa shape index (κ3) is 3.45. The molecule has 6 nitrogen and oxygen atoms in total. The van der Waals surface area contributed by atoms with E-state index in [0.717, 1.165) is 16.9 Å². The van der Waals surface area contributed by atoms with Gasteiger partial charge in [-0.2, -0.15) is 0 Å². The van der Waals surface area contributed by atoms with E-state index in [-0.39, 0.29) is 12.5 Å². The summed E-state index contributed by atoms with van der Waals surface area (Å²) in [7, 11) is 3.06. The largest absolute Gasteiger partial charge is 0.354 e. The van der Waals surface area contributed by atoms with Crippen LogP contribution in [-0.2, 0) is 9.47 Å². The number of pyridine rings is 1. The fraction of sp³-hybridized carbons (Fsp3) is 0.222. The predicted octanol–water partition coefficient (Wildman–Crippen LogP) is 2.35. The number of fused-ring (bicyclic) bond motifs is 1. The minimum absolute atomic E-state index is 0.194. The van der Waals surface area contributed by atoms with Gasteiger partial charge in [0.15, 0.2) is 6.29 Å². The van der Waals surface area contributed by atoms with Crippen molar-refractivity contribution in [3.05, 3.63) is 60.4 Å². The molecule has 2 heterocycles. The molecule has 0 atom stereocenters. The summed E-state index contributed by atoms with van der Waals surface area (Å²) in [6, 6.07) is 13.4. The Kier molecular flexibility index (Phi) is 4.88. The Balaban J connectivity index is 1.80. The van der Waals surface area contributed by atoms with Gasteiger partial charge in [-0.15, -0.1) is 0 Å². The summed E-state index contributed by atoms with van der Waals surface area (Å²) in [6.07, 6.45) is 3.31. The fourth-order valence-electron chi connectivity index (χ4n) is 2.41. The second kappa shape index (κ2) is 7.25. The van der Waals surface area contributed by atoms with E-state index < -0.39 is 6.29 Å². The zero-order chi connectivity index (χ0) is 16.9. The highest BCUT2D eigenvalue weighted by Crippen LogP contribution is 2.19. The van der Waals surface area contributed by atoms with E-state index in [4.69, 9.17) is 9.47 Å². The molecule has 3 rings (SSSR count). The topological polar surface area (TPSA) is 64.9 Å². The number of rotatable bonds is 6. The van der Waals surface area contributed by atoms with Gasteiger partial charge in [0.1, 0.15) is 5.65 Å². The van der Waals surface area contributed by atoms with Crippen LogP contribution < -0.4 is 5.32 Å². The molecule has 24 heavy (non-hydrogen) atoms. The highest BCUT2D eigenvalue weighted by Gasteiger charge is 2.11. The maximum absolute atomic E-state index is 12.2.